The van der Waals surface area contributed by atoms with E-state index in [9.17, 15) is 9.59 Å². The fourth-order valence-electron chi connectivity index (χ4n) is 5.48. The summed E-state index contributed by atoms with van der Waals surface area (Å²) in [4.78, 5) is 35.9. The Morgan fingerprint density at radius 2 is 2.06 bits per heavy atom. The Morgan fingerprint density at radius 3 is 2.86 bits per heavy atom. The predicted molar refractivity (Wildman–Crippen MR) is 131 cm³/mol. The molecule has 1 aliphatic carbocycles. The maximum absolute atomic E-state index is 12.8. The zero-order chi connectivity index (χ0) is 24.0. The van der Waals surface area contributed by atoms with Crippen LogP contribution >= 0.6 is 11.6 Å². The SMILES string of the molecule is O=C1CNc2ccc(CN(CCn3c(=O)ccc4ncc(Cl)cc43)C34CCC(CC3)OC4)nc2O1. The minimum atomic E-state index is -0.348. The van der Waals surface area contributed by atoms with Gasteiger partial charge in [0.1, 0.15) is 6.54 Å². The molecule has 3 aromatic heterocycles. The molecule has 1 saturated carbocycles. The number of pyridine rings is 3. The Kier molecular flexibility index (Phi) is 5.70. The fraction of sp³-hybridized carbons (Fsp3) is 0.440. The molecule has 3 aliphatic heterocycles. The number of nitrogens with one attached hydrogen (secondary N) is 1. The third kappa shape index (κ3) is 4.28. The number of ether oxygens (including phenoxy) is 2. The van der Waals surface area contributed by atoms with E-state index in [0.717, 1.165) is 42.4 Å². The maximum atomic E-state index is 12.8. The lowest BCUT2D eigenvalue weighted by atomic mass is 9.76. The van der Waals surface area contributed by atoms with E-state index in [-0.39, 0.29) is 23.6 Å². The zero-order valence-electron chi connectivity index (χ0n) is 19.2. The second-order valence-electron chi connectivity index (χ2n) is 9.52. The van der Waals surface area contributed by atoms with Crippen LogP contribution in [0.2, 0.25) is 5.02 Å². The van der Waals surface area contributed by atoms with Crippen LogP contribution in [-0.2, 0) is 22.6 Å². The Balaban J connectivity index is 1.31. The summed E-state index contributed by atoms with van der Waals surface area (Å²) in [6.07, 6.45) is 6.08. The standard InChI is InChI=1S/C25H26ClN5O4/c26-16-11-21-19(27-12-16)3-4-22(32)31(21)10-9-30(25-7-5-18(6-8-25)34-15-25)14-17-1-2-20-24(29-17)35-23(33)13-28-20/h1-4,11-12,18,28H,5-10,13-15H2. The molecule has 9 nitrogen and oxygen atoms in total. The fourth-order valence-corrected chi connectivity index (χ4v) is 5.64. The smallest absolute Gasteiger partial charge is 0.332 e. The van der Waals surface area contributed by atoms with E-state index in [1.165, 1.54) is 0 Å². The van der Waals surface area contributed by atoms with Crippen LogP contribution in [-0.4, -0.2) is 56.7 Å². The highest BCUT2D eigenvalue weighted by Crippen LogP contribution is 2.41. The topological polar surface area (TPSA) is 98.6 Å². The van der Waals surface area contributed by atoms with E-state index in [0.29, 0.717) is 48.9 Å². The molecule has 6 heterocycles. The van der Waals surface area contributed by atoms with E-state index >= 15 is 0 Å². The maximum Gasteiger partial charge on any atom is 0.332 e. The first-order valence-corrected chi connectivity index (χ1v) is 12.3. The summed E-state index contributed by atoms with van der Waals surface area (Å²) in [7, 11) is 0. The van der Waals surface area contributed by atoms with Gasteiger partial charge in [0.15, 0.2) is 0 Å². The number of nitrogens with zero attached hydrogens (tertiary/aromatic N) is 4. The van der Waals surface area contributed by atoms with Gasteiger partial charge >= 0.3 is 5.97 Å². The highest BCUT2D eigenvalue weighted by atomic mass is 35.5. The van der Waals surface area contributed by atoms with Crippen molar-refractivity contribution in [2.45, 2.75) is 50.4 Å². The molecule has 0 unspecified atom stereocenters. The van der Waals surface area contributed by atoms with Crippen molar-refractivity contribution in [3.05, 3.63) is 57.6 Å². The van der Waals surface area contributed by atoms with E-state index in [2.05, 4.69) is 20.2 Å². The Labute approximate surface area is 207 Å². The van der Waals surface area contributed by atoms with E-state index in [4.69, 9.17) is 21.1 Å². The number of carbonyl (C=O) groups excluding carboxylic acids is 1. The molecule has 0 radical (unpaired) electrons. The molecule has 0 spiro atoms. The predicted octanol–water partition coefficient (Wildman–Crippen LogP) is 2.99. The van der Waals surface area contributed by atoms with Crippen molar-refractivity contribution in [2.24, 2.45) is 0 Å². The van der Waals surface area contributed by atoms with Crippen molar-refractivity contribution < 1.29 is 14.3 Å². The molecule has 1 N–H and O–H groups in total. The van der Waals surface area contributed by atoms with Gasteiger partial charge < -0.3 is 19.4 Å². The molecular weight excluding hydrogens is 470 g/mol. The van der Waals surface area contributed by atoms with Crippen LogP contribution in [0.4, 0.5) is 5.69 Å². The average Bonchev–Trinajstić information content (AvgIpc) is 2.88. The number of fused-ring (bicyclic) bond motifs is 5. The molecule has 0 aromatic carbocycles. The Hall–Kier alpha value is -3.01. The molecule has 10 heteroatoms. The van der Waals surface area contributed by atoms with Crippen LogP contribution in [0.3, 0.4) is 0 Å². The number of halogens is 1. The number of rotatable bonds is 6. The van der Waals surface area contributed by atoms with Crippen molar-refractivity contribution in [2.75, 3.05) is 25.0 Å². The summed E-state index contributed by atoms with van der Waals surface area (Å²) in [5.41, 5.74) is 2.75. The molecule has 0 amide bonds. The van der Waals surface area contributed by atoms with Crippen LogP contribution in [0.25, 0.3) is 11.0 Å². The third-order valence-electron chi connectivity index (χ3n) is 7.42. The van der Waals surface area contributed by atoms with Crippen LogP contribution < -0.4 is 15.6 Å². The highest BCUT2D eigenvalue weighted by Gasteiger charge is 2.45. The molecule has 4 aliphatic rings. The number of hydrogen-bond donors (Lipinski definition) is 1. The van der Waals surface area contributed by atoms with Gasteiger partial charge in [0, 0.05) is 37.4 Å². The second kappa shape index (κ2) is 8.89. The van der Waals surface area contributed by atoms with Gasteiger partial charge in [0.25, 0.3) is 5.56 Å². The van der Waals surface area contributed by atoms with Gasteiger partial charge in [-0.15, -0.1) is 0 Å². The molecule has 3 fully saturated rings. The van der Waals surface area contributed by atoms with E-state index in [1.54, 1.807) is 29.0 Å². The first-order chi connectivity index (χ1) is 17.0. The number of hydrogen-bond acceptors (Lipinski definition) is 8. The van der Waals surface area contributed by atoms with Crippen LogP contribution in [0.15, 0.2) is 41.3 Å². The Morgan fingerprint density at radius 1 is 1.20 bits per heavy atom. The molecule has 182 valence electrons. The van der Waals surface area contributed by atoms with Gasteiger partial charge in [-0.3, -0.25) is 14.7 Å². The molecule has 7 rings (SSSR count). The van der Waals surface area contributed by atoms with Crippen molar-refractivity contribution in [3.63, 3.8) is 0 Å². The summed E-state index contributed by atoms with van der Waals surface area (Å²) in [5.74, 6) is -0.0370. The summed E-state index contributed by atoms with van der Waals surface area (Å²) < 4.78 is 13.2. The summed E-state index contributed by atoms with van der Waals surface area (Å²) in [6, 6.07) is 8.92. The lowest BCUT2D eigenvalue weighted by Crippen LogP contribution is -2.59. The van der Waals surface area contributed by atoms with E-state index in [1.807, 2.05) is 12.1 Å². The van der Waals surface area contributed by atoms with Crippen molar-refractivity contribution in [1.29, 1.82) is 0 Å². The molecular formula is C25H26ClN5O4. The lowest BCUT2D eigenvalue weighted by Gasteiger charge is -2.52. The van der Waals surface area contributed by atoms with Crippen LogP contribution in [0.1, 0.15) is 31.4 Å². The normalized spacial score (nSPS) is 23.3. The van der Waals surface area contributed by atoms with E-state index < -0.39 is 0 Å². The molecule has 2 saturated heterocycles. The van der Waals surface area contributed by atoms with Gasteiger partial charge in [0.2, 0.25) is 5.88 Å². The van der Waals surface area contributed by atoms with Crippen molar-refractivity contribution in [3.8, 4) is 5.88 Å². The summed E-state index contributed by atoms with van der Waals surface area (Å²) in [5, 5.41) is 3.52. The Bertz CT molecular complexity index is 1340. The lowest BCUT2D eigenvalue weighted by molar-refractivity contribution is -0.139. The van der Waals surface area contributed by atoms with Crippen molar-refractivity contribution in [1.82, 2.24) is 19.4 Å². The molecule has 35 heavy (non-hydrogen) atoms. The van der Waals surface area contributed by atoms with Gasteiger partial charge in [-0.25, -0.2) is 9.78 Å². The van der Waals surface area contributed by atoms with Gasteiger partial charge in [-0.2, -0.15) is 0 Å². The van der Waals surface area contributed by atoms with Crippen LogP contribution in [0.5, 0.6) is 5.88 Å². The number of carbonyl (C=O) groups is 1. The quantitative estimate of drug-likeness (QED) is 0.521. The number of anilines is 1. The molecule has 3 aromatic rings. The van der Waals surface area contributed by atoms with Crippen LogP contribution in [0, 0.1) is 0 Å². The summed E-state index contributed by atoms with van der Waals surface area (Å²) >= 11 is 6.20. The summed E-state index contributed by atoms with van der Waals surface area (Å²) in [6.45, 7) is 2.45. The van der Waals surface area contributed by atoms with Gasteiger partial charge in [0.05, 0.1) is 40.1 Å². The molecule has 0 atom stereocenters. The average molecular weight is 496 g/mol. The van der Waals surface area contributed by atoms with Gasteiger partial charge in [-0.1, -0.05) is 11.6 Å². The minimum Gasteiger partial charge on any atom is -0.404 e. The minimum absolute atomic E-state index is 0.0903. The number of esters is 1. The highest BCUT2D eigenvalue weighted by molar-refractivity contribution is 6.31. The molecule has 2 bridgehead atoms. The first-order valence-electron chi connectivity index (χ1n) is 12.0. The number of aromatic nitrogens is 3. The zero-order valence-corrected chi connectivity index (χ0v) is 20.0. The largest absolute Gasteiger partial charge is 0.404 e. The first kappa shape index (κ1) is 22.5. The monoisotopic (exact) mass is 495 g/mol. The third-order valence-corrected chi connectivity index (χ3v) is 7.63. The van der Waals surface area contributed by atoms with Gasteiger partial charge in [-0.05, 0) is 49.9 Å². The van der Waals surface area contributed by atoms with Crippen molar-refractivity contribution >= 4 is 34.3 Å². The second-order valence-corrected chi connectivity index (χ2v) is 9.96.